The van der Waals surface area contributed by atoms with E-state index < -0.39 is 6.30 Å². The van der Waals surface area contributed by atoms with Crippen LogP contribution in [0.3, 0.4) is 0 Å². The Labute approximate surface area is 180 Å². The highest BCUT2D eigenvalue weighted by Gasteiger charge is 2.15. The number of hydrogen-bond acceptors (Lipinski definition) is 4. The first-order valence-corrected chi connectivity index (χ1v) is 11.1. The first-order chi connectivity index (χ1) is 13.4. The highest BCUT2D eigenvalue weighted by molar-refractivity contribution is 7.16. The topological polar surface area (TPSA) is 15.3 Å². The molecule has 0 fully saturated rings. The fourth-order valence-electron chi connectivity index (χ4n) is 2.66. The van der Waals surface area contributed by atoms with E-state index in [2.05, 4.69) is 41.9 Å². The number of dihydropyridines is 1. The molecule has 2 aromatic rings. The van der Waals surface area contributed by atoms with E-state index in [1.165, 1.54) is 17.0 Å². The zero-order valence-electron chi connectivity index (χ0n) is 16.3. The van der Waals surface area contributed by atoms with Crippen molar-refractivity contribution in [3.63, 3.8) is 0 Å². The van der Waals surface area contributed by atoms with Crippen LogP contribution in [0.5, 0.6) is 0 Å². The molecule has 2 aliphatic heterocycles. The van der Waals surface area contributed by atoms with Gasteiger partial charge in [0.05, 0.1) is 4.34 Å². The molecule has 4 rings (SSSR count). The summed E-state index contributed by atoms with van der Waals surface area (Å²) in [5, 5.41) is 6.74. The Hall–Kier alpha value is -1.66. The fraction of sp³-hybridized carbons (Fsp3) is 0.273. The average Bonchev–Trinajstić information content (AvgIpc) is 3.33. The third-order valence-electron chi connectivity index (χ3n) is 4.23. The summed E-state index contributed by atoms with van der Waals surface area (Å²) >= 11 is 9.26. The Morgan fingerprint density at radius 2 is 2.11 bits per heavy atom. The summed E-state index contributed by atoms with van der Waals surface area (Å²) in [5.74, 6) is 0. The van der Waals surface area contributed by atoms with Gasteiger partial charge in [0.1, 0.15) is 0 Å². The maximum Gasteiger partial charge on any atom is 0.191 e. The Kier molecular flexibility index (Phi) is 9.19. The normalized spacial score (nSPS) is 18.1. The number of hydrogen-bond donors (Lipinski definition) is 1. The second-order valence-corrected chi connectivity index (χ2v) is 9.04. The summed E-state index contributed by atoms with van der Waals surface area (Å²) in [5.41, 5.74) is 4.37. The number of thiophene rings is 2. The van der Waals surface area contributed by atoms with Crippen LogP contribution < -0.4 is 5.32 Å². The van der Waals surface area contributed by atoms with Crippen molar-refractivity contribution < 1.29 is 4.39 Å². The molecule has 2 nitrogen and oxygen atoms in total. The molecule has 1 unspecified atom stereocenters. The quantitative estimate of drug-likeness (QED) is 0.417. The molecule has 2 aromatic heterocycles. The van der Waals surface area contributed by atoms with E-state index in [0.29, 0.717) is 0 Å². The molecule has 0 aromatic carbocycles. The van der Waals surface area contributed by atoms with Crippen LogP contribution in [-0.2, 0) is 13.0 Å². The lowest BCUT2D eigenvalue weighted by Gasteiger charge is -2.21. The number of fused-ring (bicyclic) bond motifs is 1. The molecule has 6 heteroatoms. The van der Waals surface area contributed by atoms with Crippen LogP contribution in [0.4, 0.5) is 4.39 Å². The van der Waals surface area contributed by atoms with Crippen LogP contribution in [0.2, 0.25) is 4.34 Å². The van der Waals surface area contributed by atoms with Crippen molar-refractivity contribution in [2.24, 2.45) is 0 Å². The van der Waals surface area contributed by atoms with E-state index in [0.717, 1.165) is 34.0 Å². The van der Waals surface area contributed by atoms with Crippen LogP contribution in [0, 0.1) is 0 Å². The monoisotopic (exact) mass is 436 g/mol. The molecule has 0 aliphatic carbocycles. The molecule has 150 valence electrons. The SMILES string of the molecule is C=CC=C.CC1=CC(c2ccsc2)=CNC1F.CN1CCc2cc(Cl)sc2C1. The minimum absolute atomic E-state index is 0.726. The van der Waals surface area contributed by atoms with Crippen LogP contribution >= 0.6 is 34.3 Å². The lowest BCUT2D eigenvalue weighted by molar-refractivity contribution is 0.317. The van der Waals surface area contributed by atoms with Crippen LogP contribution in [0.15, 0.2) is 66.1 Å². The van der Waals surface area contributed by atoms with Crippen LogP contribution in [0.25, 0.3) is 5.57 Å². The predicted octanol–water partition coefficient (Wildman–Crippen LogP) is 6.68. The number of halogens is 2. The maximum atomic E-state index is 13.0. The van der Waals surface area contributed by atoms with Gasteiger partial charge in [-0.05, 0) is 71.6 Å². The van der Waals surface area contributed by atoms with Gasteiger partial charge in [-0.1, -0.05) is 36.9 Å². The maximum absolute atomic E-state index is 13.0. The number of rotatable bonds is 2. The summed E-state index contributed by atoms with van der Waals surface area (Å²) in [6, 6.07) is 4.13. The highest BCUT2D eigenvalue weighted by Crippen LogP contribution is 2.30. The summed E-state index contributed by atoms with van der Waals surface area (Å²) in [6.07, 6.45) is 7.01. The number of likely N-dealkylation sites (N-methyl/N-ethyl adjacent to an activating group) is 1. The van der Waals surface area contributed by atoms with Crippen molar-refractivity contribution >= 4 is 39.8 Å². The molecule has 0 amide bonds. The van der Waals surface area contributed by atoms with E-state index in [9.17, 15) is 4.39 Å². The van der Waals surface area contributed by atoms with E-state index in [1.54, 1.807) is 47.9 Å². The molecule has 28 heavy (non-hydrogen) atoms. The number of nitrogens with zero attached hydrogens (tertiary/aromatic N) is 1. The largest absolute Gasteiger partial charge is 0.358 e. The van der Waals surface area contributed by atoms with Gasteiger partial charge in [-0.3, -0.25) is 0 Å². The molecule has 0 radical (unpaired) electrons. The molecule has 4 heterocycles. The first kappa shape index (κ1) is 22.6. The molecule has 0 saturated carbocycles. The number of nitrogens with one attached hydrogen (secondary N) is 1. The highest BCUT2D eigenvalue weighted by atomic mass is 35.5. The van der Waals surface area contributed by atoms with Gasteiger partial charge in [0.2, 0.25) is 0 Å². The third kappa shape index (κ3) is 6.74. The second-order valence-electron chi connectivity index (χ2n) is 6.49. The first-order valence-electron chi connectivity index (χ1n) is 8.94. The molecular weight excluding hydrogens is 411 g/mol. The molecule has 1 N–H and O–H groups in total. The van der Waals surface area contributed by atoms with Gasteiger partial charge in [0, 0.05) is 24.2 Å². The Morgan fingerprint density at radius 3 is 2.71 bits per heavy atom. The Bertz CT molecular complexity index is 831. The average molecular weight is 437 g/mol. The van der Waals surface area contributed by atoms with E-state index in [1.807, 2.05) is 17.5 Å². The lowest BCUT2D eigenvalue weighted by Crippen LogP contribution is -2.24. The zero-order valence-corrected chi connectivity index (χ0v) is 18.6. The minimum atomic E-state index is -1.03. The van der Waals surface area contributed by atoms with Gasteiger partial charge in [-0.2, -0.15) is 11.3 Å². The zero-order chi connectivity index (χ0) is 20.5. The second kappa shape index (κ2) is 11.4. The van der Waals surface area contributed by atoms with E-state index >= 15 is 0 Å². The van der Waals surface area contributed by atoms with E-state index in [4.69, 9.17) is 11.6 Å². The molecule has 0 saturated heterocycles. The van der Waals surface area contributed by atoms with Gasteiger partial charge in [-0.15, -0.1) is 11.3 Å². The van der Waals surface area contributed by atoms with E-state index in [-0.39, 0.29) is 0 Å². The van der Waals surface area contributed by atoms with Crippen molar-refractivity contribution in [1.29, 1.82) is 0 Å². The summed E-state index contributed by atoms with van der Waals surface area (Å²) in [4.78, 5) is 3.78. The van der Waals surface area contributed by atoms with Gasteiger partial charge in [0.15, 0.2) is 6.30 Å². The van der Waals surface area contributed by atoms with Crippen molar-refractivity contribution in [2.45, 2.75) is 26.2 Å². The number of allylic oxidation sites excluding steroid dienone is 4. The summed E-state index contributed by atoms with van der Waals surface area (Å²) in [6.45, 7) is 10.8. The molecule has 2 aliphatic rings. The van der Waals surface area contributed by atoms with Gasteiger partial charge < -0.3 is 10.2 Å². The van der Waals surface area contributed by atoms with Crippen molar-refractivity contribution in [3.8, 4) is 0 Å². The van der Waals surface area contributed by atoms with Crippen molar-refractivity contribution in [3.05, 3.63) is 86.4 Å². The Morgan fingerprint density at radius 1 is 1.36 bits per heavy atom. The lowest BCUT2D eigenvalue weighted by atomic mass is 10.0. The predicted molar refractivity (Wildman–Crippen MR) is 124 cm³/mol. The van der Waals surface area contributed by atoms with Crippen LogP contribution in [0.1, 0.15) is 22.9 Å². The molecular formula is C22H26ClFN2S2. The summed E-state index contributed by atoms with van der Waals surface area (Å²) in [7, 11) is 2.15. The van der Waals surface area contributed by atoms with Crippen molar-refractivity contribution in [1.82, 2.24) is 10.2 Å². The fourth-order valence-corrected chi connectivity index (χ4v) is 4.75. The van der Waals surface area contributed by atoms with Gasteiger partial charge in [0.25, 0.3) is 0 Å². The van der Waals surface area contributed by atoms with Crippen molar-refractivity contribution in [2.75, 3.05) is 13.6 Å². The smallest absolute Gasteiger partial charge is 0.191 e. The minimum Gasteiger partial charge on any atom is -0.358 e. The standard InChI is InChI=1S/C10H10FNS.C8H10ClNS.C4H6/c1-7-4-9(5-12-10(7)11)8-2-3-13-6-8;1-10-3-2-6-4-8(9)11-7(6)5-10;1-3-4-2/h2-6,10,12H,1H3;4H,2-3,5H2,1H3;3-4H,1-2H2. The Balaban J connectivity index is 0.000000171. The molecule has 0 bridgehead atoms. The molecule has 1 atom stereocenters. The van der Waals surface area contributed by atoms with Gasteiger partial charge in [-0.25, -0.2) is 4.39 Å². The van der Waals surface area contributed by atoms with Crippen LogP contribution in [-0.4, -0.2) is 24.8 Å². The van der Waals surface area contributed by atoms with Gasteiger partial charge >= 0.3 is 0 Å². The summed E-state index contributed by atoms with van der Waals surface area (Å²) < 4.78 is 13.9. The molecule has 0 spiro atoms. The third-order valence-corrected chi connectivity index (χ3v) is 6.21. The number of alkyl halides is 1.